The number of methoxy groups -OCH3 is 2. The zero-order valence-corrected chi connectivity index (χ0v) is 11.7. The molecule has 7 heteroatoms. The van der Waals surface area contributed by atoms with E-state index in [1.54, 1.807) is 26.4 Å². The highest BCUT2D eigenvalue weighted by molar-refractivity contribution is 5.75. The number of benzene rings is 1. The first-order valence-electron chi connectivity index (χ1n) is 6.17. The molecule has 20 heavy (non-hydrogen) atoms. The quantitative estimate of drug-likeness (QED) is 0.313. The maximum absolute atomic E-state index is 14.1. The van der Waals surface area contributed by atoms with Crippen molar-refractivity contribution in [2.24, 2.45) is 5.16 Å². The van der Waals surface area contributed by atoms with Crippen molar-refractivity contribution in [3.63, 3.8) is 0 Å². The zero-order valence-electron chi connectivity index (χ0n) is 11.7. The van der Waals surface area contributed by atoms with Crippen molar-refractivity contribution in [2.75, 3.05) is 50.7 Å². The zero-order chi connectivity index (χ0) is 14.8. The van der Waals surface area contributed by atoms with Crippen LogP contribution >= 0.6 is 0 Å². The first kappa shape index (κ1) is 16.2. The number of ether oxygens (including phenoxy) is 2. The summed E-state index contributed by atoms with van der Waals surface area (Å²) < 4.78 is 24.2. The Morgan fingerprint density at radius 1 is 1.30 bits per heavy atom. The van der Waals surface area contributed by atoms with E-state index in [-0.39, 0.29) is 5.82 Å². The lowest BCUT2D eigenvalue weighted by Crippen LogP contribution is -2.31. The lowest BCUT2D eigenvalue weighted by Gasteiger charge is -2.25. The van der Waals surface area contributed by atoms with E-state index in [0.29, 0.717) is 37.7 Å². The summed E-state index contributed by atoms with van der Waals surface area (Å²) in [5.74, 6) is -0.367. The molecule has 0 aromatic heterocycles. The summed E-state index contributed by atoms with van der Waals surface area (Å²) in [6.07, 6.45) is 1.07. The van der Waals surface area contributed by atoms with E-state index in [2.05, 4.69) is 10.5 Å². The van der Waals surface area contributed by atoms with Crippen molar-refractivity contribution in [1.29, 1.82) is 0 Å². The highest BCUT2D eigenvalue weighted by Crippen LogP contribution is 2.22. The average molecular weight is 285 g/mol. The second-order valence-electron chi connectivity index (χ2n) is 4.03. The monoisotopic (exact) mass is 285 g/mol. The summed E-state index contributed by atoms with van der Waals surface area (Å²) in [6.45, 7) is 2.14. The summed E-state index contributed by atoms with van der Waals surface area (Å²) >= 11 is 0. The smallest absolute Gasteiger partial charge is 0.148 e. The molecule has 0 bridgehead atoms. The molecule has 0 unspecified atom stereocenters. The highest BCUT2D eigenvalue weighted by atomic mass is 19.1. The van der Waals surface area contributed by atoms with E-state index >= 15 is 0 Å². The molecule has 0 atom stereocenters. The normalized spacial score (nSPS) is 10.9. The molecule has 0 saturated heterocycles. The summed E-state index contributed by atoms with van der Waals surface area (Å²) in [4.78, 5) is 1.85. The number of hydrogen-bond acceptors (Lipinski definition) is 5. The van der Waals surface area contributed by atoms with E-state index in [4.69, 9.17) is 14.7 Å². The van der Waals surface area contributed by atoms with Crippen LogP contribution in [0.4, 0.5) is 15.8 Å². The standard InChI is InChI=1S/C13H20FN3O3/c1-19-7-5-17(6-8-20-2)13-4-3-11(9-12(13)14)15-10-16-18/h3-4,9-10,18H,5-8H2,1-2H3,(H,15,16). The molecule has 0 aliphatic heterocycles. The molecule has 0 aliphatic rings. The Morgan fingerprint density at radius 2 is 1.95 bits per heavy atom. The predicted octanol–water partition coefficient (Wildman–Crippen LogP) is 1.75. The van der Waals surface area contributed by atoms with Crippen LogP contribution in [0.1, 0.15) is 0 Å². The topological polar surface area (TPSA) is 66.3 Å². The minimum Gasteiger partial charge on any atom is -0.410 e. The number of oxime groups is 1. The van der Waals surface area contributed by atoms with E-state index < -0.39 is 0 Å². The van der Waals surface area contributed by atoms with Crippen LogP contribution in [0.15, 0.2) is 23.4 Å². The van der Waals surface area contributed by atoms with E-state index in [1.165, 1.54) is 6.07 Å². The van der Waals surface area contributed by atoms with Gasteiger partial charge in [-0.05, 0) is 18.2 Å². The lowest BCUT2D eigenvalue weighted by molar-refractivity contribution is 0.190. The van der Waals surface area contributed by atoms with Crippen LogP contribution in [-0.2, 0) is 9.47 Å². The second kappa shape index (κ2) is 9.11. The molecule has 0 radical (unpaired) electrons. The van der Waals surface area contributed by atoms with E-state index in [1.807, 2.05) is 4.90 Å². The second-order valence-corrected chi connectivity index (χ2v) is 4.03. The third-order valence-corrected chi connectivity index (χ3v) is 2.71. The van der Waals surface area contributed by atoms with Gasteiger partial charge in [0.25, 0.3) is 0 Å². The van der Waals surface area contributed by atoms with Gasteiger partial charge in [-0.1, -0.05) is 5.16 Å². The number of rotatable bonds is 9. The van der Waals surface area contributed by atoms with Crippen LogP contribution in [0.25, 0.3) is 0 Å². The van der Waals surface area contributed by atoms with Crippen molar-refractivity contribution in [2.45, 2.75) is 0 Å². The number of hydrogen-bond donors (Lipinski definition) is 2. The van der Waals surface area contributed by atoms with E-state index in [0.717, 1.165) is 6.34 Å². The molecule has 0 heterocycles. The van der Waals surface area contributed by atoms with Crippen LogP contribution in [0.2, 0.25) is 0 Å². The van der Waals surface area contributed by atoms with Gasteiger partial charge in [-0.25, -0.2) is 4.39 Å². The van der Waals surface area contributed by atoms with Gasteiger partial charge in [-0.15, -0.1) is 0 Å². The third-order valence-electron chi connectivity index (χ3n) is 2.71. The Hall–Kier alpha value is -1.86. The summed E-state index contributed by atoms with van der Waals surface area (Å²) in [5, 5.41) is 13.7. The van der Waals surface area contributed by atoms with Crippen LogP contribution in [0.3, 0.4) is 0 Å². The summed E-state index contributed by atoms with van der Waals surface area (Å²) in [7, 11) is 3.21. The Kier molecular flexibility index (Phi) is 7.38. The molecule has 1 aromatic carbocycles. The maximum atomic E-state index is 14.1. The molecule has 0 fully saturated rings. The molecular weight excluding hydrogens is 265 g/mol. The van der Waals surface area contributed by atoms with Gasteiger partial charge in [0.1, 0.15) is 12.2 Å². The Morgan fingerprint density at radius 3 is 2.45 bits per heavy atom. The van der Waals surface area contributed by atoms with Gasteiger partial charge in [0.2, 0.25) is 0 Å². The van der Waals surface area contributed by atoms with Crippen molar-refractivity contribution >= 4 is 17.7 Å². The van der Waals surface area contributed by atoms with Gasteiger partial charge in [-0.3, -0.25) is 0 Å². The number of anilines is 2. The van der Waals surface area contributed by atoms with E-state index in [9.17, 15) is 4.39 Å². The largest absolute Gasteiger partial charge is 0.410 e. The molecule has 1 aromatic rings. The molecule has 0 spiro atoms. The Balaban J connectivity index is 2.83. The number of nitrogens with zero attached hydrogens (tertiary/aromatic N) is 2. The predicted molar refractivity (Wildman–Crippen MR) is 76.3 cm³/mol. The van der Waals surface area contributed by atoms with Crippen LogP contribution < -0.4 is 10.2 Å². The van der Waals surface area contributed by atoms with Gasteiger partial charge in [0.05, 0.1) is 18.9 Å². The molecule has 1 rings (SSSR count). The highest BCUT2D eigenvalue weighted by Gasteiger charge is 2.11. The molecule has 0 amide bonds. The van der Waals surface area contributed by atoms with Crippen molar-refractivity contribution in [1.82, 2.24) is 0 Å². The first-order chi connectivity index (χ1) is 9.72. The summed E-state index contributed by atoms with van der Waals surface area (Å²) in [5.41, 5.74) is 0.980. The number of halogens is 1. The van der Waals surface area contributed by atoms with Gasteiger partial charge in [-0.2, -0.15) is 0 Å². The SMILES string of the molecule is COCCN(CCOC)c1ccc(N/C=N/O)cc1F. The lowest BCUT2D eigenvalue weighted by atomic mass is 10.2. The minimum atomic E-state index is -0.367. The van der Waals surface area contributed by atoms with Crippen molar-refractivity contribution < 1.29 is 19.1 Å². The Labute approximate surface area is 117 Å². The number of nitrogens with one attached hydrogen (secondary N) is 1. The fourth-order valence-electron chi connectivity index (χ4n) is 1.71. The fraction of sp³-hybridized carbons (Fsp3) is 0.462. The minimum absolute atomic E-state index is 0.367. The van der Waals surface area contributed by atoms with Crippen LogP contribution in [0.5, 0.6) is 0 Å². The molecule has 2 N–H and O–H groups in total. The Bertz CT molecular complexity index is 421. The fourth-order valence-corrected chi connectivity index (χ4v) is 1.71. The molecule has 0 saturated carbocycles. The van der Waals surface area contributed by atoms with Crippen LogP contribution in [-0.4, -0.2) is 52.1 Å². The van der Waals surface area contributed by atoms with Crippen molar-refractivity contribution in [3.05, 3.63) is 24.0 Å². The van der Waals surface area contributed by atoms with Crippen LogP contribution in [0, 0.1) is 5.82 Å². The average Bonchev–Trinajstić information content (AvgIpc) is 2.46. The molecule has 0 aliphatic carbocycles. The first-order valence-corrected chi connectivity index (χ1v) is 6.17. The van der Waals surface area contributed by atoms with Crippen molar-refractivity contribution in [3.8, 4) is 0 Å². The molecular formula is C13H20FN3O3. The molecule has 6 nitrogen and oxygen atoms in total. The van der Waals surface area contributed by atoms with Gasteiger partial charge in [0.15, 0.2) is 0 Å². The van der Waals surface area contributed by atoms with Gasteiger partial charge < -0.3 is 24.9 Å². The molecule has 112 valence electrons. The third kappa shape index (κ3) is 5.02. The van der Waals surface area contributed by atoms with Gasteiger partial charge in [0, 0.05) is 33.0 Å². The maximum Gasteiger partial charge on any atom is 0.148 e. The van der Waals surface area contributed by atoms with Gasteiger partial charge >= 0.3 is 0 Å². The summed E-state index contributed by atoms with van der Waals surface area (Å²) in [6, 6.07) is 4.70.